The first-order valence-electron chi connectivity index (χ1n) is 26.3. The molecule has 0 bridgehead atoms. The van der Waals surface area contributed by atoms with Gasteiger partial charge in [-0.3, -0.25) is 13.8 Å². The normalized spacial score (nSPS) is 14.8. The fraction of sp³-hybridized carbons (Fsp3) is 0.904. The predicted octanol–water partition coefficient (Wildman–Crippen LogP) is 14.2. The van der Waals surface area contributed by atoms with Crippen LogP contribution < -0.4 is 5.32 Å². The summed E-state index contributed by atoms with van der Waals surface area (Å²) in [5, 5.41) is 24.7. The van der Waals surface area contributed by atoms with E-state index < -0.39 is 32.7 Å². The zero-order chi connectivity index (χ0) is 45.8. The summed E-state index contributed by atoms with van der Waals surface area (Å²) in [5.41, 5.74) is 0. The first-order chi connectivity index (χ1) is 29.9. The number of phosphoric acid groups is 1. The van der Waals surface area contributed by atoms with E-state index in [-0.39, 0.29) is 18.9 Å². The number of unbranched alkanes of at least 4 members (excludes halogenated alkanes) is 30. The number of likely N-dealkylation sites (N-methyl/N-ethyl adjacent to an activating group) is 1. The number of carbonyl (C=O) groups is 1. The van der Waals surface area contributed by atoms with Crippen molar-refractivity contribution >= 4 is 13.7 Å². The van der Waals surface area contributed by atoms with Crippen LogP contribution >= 0.6 is 7.82 Å². The molecule has 10 heteroatoms. The van der Waals surface area contributed by atoms with Crippen LogP contribution in [0.1, 0.15) is 245 Å². The second-order valence-electron chi connectivity index (χ2n) is 19.4. The molecule has 0 aromatic heterocycles. The van der Waals surface area contributed by atoms with Crippen molar-refractivity contribution in [2.24, 2.45) is 0 Å². The third-order valence-corrected chi connectivity index (χ3v) is 13.0. The molecule has 62 heavy (non-hydrogen) atoms. The molecule has 0 saturated carbocycles. The molecule has 0 rings (SSSR count). The van der Waals surface area contributed by atoms with Crippen LogP contribution in [0.4, 0.5) is 0 Å². The largest absolute Gasteiger partial charge is 0.472 e. The van der Waals surface area contributed by atoms with Crippen molar-refractivity contribution in [2.75, 3.05) is 40.9 Å². The van der Waals surface area contributed by atoms with Crippen molar-refractivity contribution in [2.45, 2.75) is 263 Å². The second kappa shape index (κ2) is 43.8. The minimum absolute atomic E-state index is 0.0157. The number of nitrogens with zero attached hydrogens (tertiary/aromatic N) is 1. The smallest absolute Gasteiger partial charge is 0.390 e. The minimum Gasteiger partial charge on any atom is -0.390 e. The van der Waals surface area contributed by atoms with Crippen LogP contribution in [0.15, 0.2) is 24.3 Å². The zero-order valence-electron chi connectivity index (χ0n) is 41.5. The number of hydrogen-bond donors (Lipinski definition) is 4. The summed E-state index contributed by atoms with van der Waals surface area (Å²) in [6.07, 6.45) is 49.8. The van der Waals surface area contributed by atoms with Crippen molar-refractivity contribution in [1.82, 2.24) is 5.32 Å². The van der Waals surface area contributed by atoms with E-state index in [2.05, 4.69) is 43.5 Å². The number of rotatable bonds is 48. The maximum Gasteiger partial charge on any atom is 0.472 e. The van der Waals surface area contributed by atoms with E-state index >= 15 is 0 Å². The summed E-state index contributed by atoms with van der Waals surface area (Å²) < 4.78 is 23.5. The topological polar surface area (TPSA) is 125 Å². The average molecular weight is 900 g/mol. The van der Waals surface area contributed by atoms with E-state index in [9.17, 15) is 24.5 Å². The third kappa shape index (κ3) is 44.2. The van der Waals surface area contributed by atoms with Crippen LogP contribution in [-0.4, -0.2) is 84.6 Å². The van der Waals surface area contributed by atoms with Crippen LogP contribution in [0, 0.1) is 0 Å². The third-order valence-electron chi connectivity index (χ3n) is 12.0. The fourth-order valence-electron chi connectivity index (χ4n) is 7.81. The molecule has 4 unspecified atom stereocenters. The lowest BCUT2D eigenvalue weighted by molar-refractivity contribution is -0.870. The van der Waals surface area contributed by atoms with Gasteiger partial charge in [0.05, 0.1) is 39.9 Å². The quantitative estimate of drug-likeness (QED) is 0.0207. The van der Waals surface area contributed by atoms with Crippen LogP contribution in [0.3, 0.4) is 0 Å². The molecule has 368 valence electrons. The highest BCUT2D eigenvalue weighted by molar-refractivity contribution is 7.47. The number of aliphatic hydroxyl groups excluding tert-OH is 2. The molecule has 0 aliphatic rings. The summed E-state index contributed by atoms with van der Waals surface area (Å²) >= 11 is 0. The maximum absolute atomic E-state index is 13.0. The summed E-state index contributed by atoms with van der Waals surface area (Å²) in [5.74, 6) is -0.268. The van der Waals surface area contributed by atoms with Gasteiger partial charge in [-0.05, 0) is 51.4 Å². The van der Waals surface area contributed by atoms with Crippen molar-refractivity contribution < 1.29 is 38.0 Å². The number of nitrogens with one attached hydrogen (secondary N) is 1. The molecular formula is C52H104N2O7P+. The van der Waals surface area contributed by atoms with Crippen LogP contribution in [-0.2, 0) is 18.4 Å². The molecule has 0 fully saturated rings. The molecule has 0 spiro atoms. The summed E-state index contributed by atoms with van der Waals surface area (Å²) in [4.78, 5) is 23.2. The first-order valence-corrected chi connectivity index (χ1v) is 27.8. The Hall–Kier alpha value is -1.06. The Morgan fingerprint density at radius 1 is 0.548 bits per heavy atom. The van der Waals surface area contributed by atoms with E-state index in [1.807, 2.05) is 21.1 Å². The Morgan fingerprint density at radius 2 is 0.919 bits per heavy atom. The lowest BCUT2D eigenvalue weighted by Gasteiger charge is -2.28. The number of amides is 1. The minimum atomic E-state index is -4.43. The van der Waals surface area contributed by atoms with Crippen LogP contribution in [0.25, 0.3) is 0 Å². The summed E-state index contributed by atoms with van der Waals surface area (Å²) in [7, 11) is 1.42. The molecule has 4 N–H and O–H groups in total. The molecule has 9 nitrogen and oxygen atoms in total. The van der Waals surface area contributed by atoms with Crippen molar-refractivity contribution in [3.05, 3.63) is 24.3 Å². The first kappa shape index (κ1) is 60.9. The van der Waals surface area contributed by atoms with Gasteiger partial charge in [-0.15, -0.1) is 0 Å². The van der Waals surface area contributed by atoms with E-state index in [1.54, 1.807) is 0 Å². The highest BCUT2D eigenvalue weighted by Gasteiger charge is 2.31. The Labute approximate surface area is 384 Å². The standard InChI is InChI=1S/C52H103N2O7P/c1-6-8-10-12-14-16-18-20-21-22-23-24-25-26-27-28-29-30-31-32-33-35-37-39-41-43-45-51(56)53-49(48-61-62(58,59)60-47-46-54(3,4)5)52(57)50(55)44-42-40-38-36-34-19-17-15-13-11-9-7-2/h15,17,36,38,49-50,52,55,57H,6-14,16,18-35,37,39-48H2,1-5H3,(H-,53,56,58,59)/p+1/b17-15+,38-36+. The molecule has 4 atom stereocenters. The highest BCUT2D eigenvalue weighted by atomic mass is 31.2. The second-order valence-corrected chi connectivity index (χ2v) is 20.8. The number of carbonyl (C=O) groups excluding carboxylic acids is 1. The van der Waals surface area contributed by atoms with Gasteiger partial charge >= 0.3 is 7.82 Å². The van der Waals surface area contributed by atoms with Gasteiger partial charge in [0.2, 0.25) is 5.91 Å². The Balaban J connectivity index is 4.22. The molecule has 0 radical (unpaired) electrons. The number of aliphatic hydroxyl groups is 2. The molecule has 0 aromatic carbocycles. The van der Waals surface area contributed by atoms with Crippen LogP contribution in [0.5, 0.6) is 0 Å². The number of allylic oxidation sites excluding steroid dienone is 4. The lowest BCUT2D eigenvalue weighted by atomic mass is 10.0. The van der Waals surface area contributed by atoms with Gasteiger partial charge in [0.25, 0.3) is 0 Å². The van der Waals surface area contributed by atoms with E-state index in [0.717, 1.165) is 44.9 Å². The average Bonchev–Trinajstić information content (AvgIpc) is 3.23. The molecule has 0 aromatic rings. The van der Waals surface area contributed by atoms with Gasteiger partial charge < -0.3 is 24.9 Å². The molecular weight excluding hydrogens is 796 g/mol. The van der Waals surface area contributed by atoms with Gasteiger partial charge in [0.15, 0.2) is 0 Å². The maximum atomic E-state index is 13.0. The predicted molar refractivity (Wildman–Crippen MR) is 264 cm³/mol. The Kier molecular flexibility index (Phi) is 43.1. The SMILES string of the molecule is CCCCC/C=C/CC/C=C/CCCC(O)C(O)C(COP(=O)(O)OCC[N+](C)(C)C)NC(=O)CCCCCCCCCCCCCCCCCCCCCCCCCCCC. The number of quaternary nitrogens is 1. The van der Waals surface area contributed by atoms with Crippen molar-refractivity contribution in [3.8, 4) is 0 Å². The molecule has 0 aliphatic heterocycles. The van der Waals surface area contributed by atoms with Crippen molar-refractivity contribution in [1.29, 1.82) is 0 Å². The Bertz CT molecular complexity index is 1080. The van der Waals surface area contributed by atoms with Crippen LogP contribution in [0.2, 0.25) is 0 Å². The number of hydrogen-bond acceptors (Lipinski definition) is 6. The zero-order valence-corrected chi connectivity index (χ0v) is 42.4. The molecule has 1 amide bonds. The monoisotopic (exact) mass is 900 g/mol. The van der Waals surface area contributed by atoms with Gasteiger partial charge in [0.1, 0.15) is 19.3 Å². The van der Waals surface area contributed by atoms with Gasteiger partial charge in [-0.2, -0.15) is 0 Å². The highest BCUT2D eigenvalue weighted by Crippen LogP contribution is 2.43. The van der Waals surface area contributed by atoms with E-state index in [1.165, 1.54) is 167 Å². The Morgan fingerprint density at radius 3 is 1.34 bits per heavy atom. The van der Waals surface area contributed by atoms with Gasteiger partial charge in [0, 0.05) is 6.42 Å². The lowest BCUT2D eigenvalue weighted by Crippen LogP contribution is -2.51. The number of phosphoric ester groups is 1. The molecule has 0 saturated heterocycles. The van der Waals surface area contributed by atoms with Gasteiger partial charge in [-0.25, -0.2) is 4.57 Å². The van der Waals surface area contributed by atoms with Crippen molar-refractivity contribution in [3.63, 3.8) is 0 Å². The molecule has 0 heterocycles. The van der Waals surface area contributed by atoms with E-state index in [0.29, 0.717) is 23.9 Å². The summed E-state index contributed by atoms with van der Waals surface area (Å²) in [6.45, 7) is 4.57. The van der Waals surface area contributed by atoms with E-state index in [4.69, 9.17) is 9.05 Å². The molecule has 0 aliphatic carbocycles. The van der Waals surface area contributed by atoms with Gasteiger partial charge in [-0.1, -0.05) is 212 Å². The fourth-order valence-corrected chi connectivity index (χ4v) is 8.54. The summed E-state index contributed by atoms with van der Waals surface area (Å²) in [6, 6.07) is -1.05.